The molecule has 0 saturated heterocycles. The molecule has 3 unspecified atom stereocenters. The summed E-state index contributed by atoms with van der Waals surface area (Å²) in [7, 11) is 0. The van der Waals surface area contributed by atoms with Crippen molar-refractivity contribution in [3.05, 3.63) is 12.7 Å². The van der Waals surface area contributed by atoms with Crippen molar-refractivity contribution in [2.75, 3.05) is 0 Å². The number of aliphatic hydroxyl groups is 1. The van der Waals surface area contributed by atoms with Gasteiger partial charge in [-0.25, -0.2) is 0 Å². The molecule has 1 N–H and O–H groups in total. The van der Waals surface area contributed by atoms with E-state index in [1.807, 2.05) is 6.08 Å². The lowest BCUT2D eigenvalue weighted by Crippen LogP contribution is -2.15. The highest BCUT2D eigenvalue weighted by atomic mass is 16.3. The lowest BCUT2D eigenvalue weighted by atomic mass is 9.92. The largest absolute Gasteiger partial charge is 0.393 e. The molecule has 0 aliphatic heterocycles. The molecule has 1 rings (SSSR count). The van der Waals surface area contributed by atoms with E-state index in [2.05, 4.69) is 13.5 Å². The molecule has 0 bridgehead atoms. The molecule has 1 heteroatoms. The molecule has 1 saturated carbocycles. The summed E-state index contributed by atoms with van der Waals surface area (Å²) in [6, 6.07) is 0. The SMILES string of the molecule is C=CCCCC1CCC(O)C1C. The molecule has 1 nitrogen and oxygen atoms in total. The maximum atomic E-state index is 9.50. The predicted octanol–water partition coefficient (Wildman–Crippen LogP) is 2.75. The first-order valence-electron chi connectivity index (χ1n) is 5.04. The third-order valence-electron chi connectivity index (χ3n) is 3.17. The van der Waals surface area contributed by atoms with Crippen LogP contribution < -0.4 is 0 Å². The molecule has 0 aromatic rings. The van der Waals surface area contributed by atoms with Crippen molar-refractivity contribution in [2.24, 2.45) is 11.8 Å². The summed E-state index contributed by atoms with van der Waals surface area (Å²) in [6.45, 7) is 5.89. The Hall–Kier alpha value is -0.300. The van der Waals surface area contributed by atoms with Gasteiger partial charge >= 0.3 is 0 Å². The van der Waals surface area contributed by atoms with Crippen LogP contribution in [0.25, 0.3) is 0 Å². The van der Waals surface area contributed by atoms with E-state index in [1.165, 1.54) is 19.3 Å². The second-order valence-corrected chi connectivity index (χ2v) is 3.98. The molecule has 0 aromatic heterocycles. The zero-order valence-corrected chi connectivity index (χ0v) is 8.00. The fourth-order valence-electron chi connectivity index (χ4n) is 2.16. The number of unbranched alkanes of at least 4 members (excludes halogenated alkanes) is 1. The van der Waals surface area contributed by atoms with Gasteiger partial charge in [-0.05, 0) is 43.9 Å². The zero-order chi connectivity index (χ0) is 8.97. The van der Waals surface area contributed by atoms with Crippen LogP contribution >= 0.6 is 0 Å². The molecule has 0 amide bonds. The molecule has 12 heavy (non-hydrogen) atoms. The summed E-state index contributed by atoms with van der Waals surface area (Å²) >= 11 is 0. The zero-order valence-electron chi connectivity index (χ0n) is 8.00. The fourth-order valence-corrected chi connectivity index (χ4v) is 2.16. The Labute approximate surface area is 75.5 Å². The van der Waals surface area contributed by atoms with Gasteiger partial charge in [-0.15, -0.1) is 6.58 Å². The van der Waals surface area contributed by atoms with E-state index in [9.17, 15) is 5.11 Å². The highest BCUT2D eigenvalue weighted by Gasteiger charge is 2.30. The minimum absolute atomic E-state index is 0.0290. The van der Waals surface area contributed by atoms with E-state index < -0.39 is 0 Å². The van der Waals surface area contributed by atoms with Crippen LogP contribution in [0, 0.1) is 11.8 Å². The molecule has 0 spiro atoms. The van der Waals surface area contributed by atoms with Crippen LogP contribution in [0.2, 0.25) is 0 Å². The summed E-state index contributed by atoms with van der Waals surface area (Å²) in [5.41, 5.74) is 0. The number of hydrogen-bond acceptors (Lipinski definition) is 1. The van der Waals surface area contributed by atoms with Gasteiger partial charge in [0.2, 0.25) is 0 Å². The second kappa shape index (κ2) is 4.66. The third kappa shape index (κ3) is 2.34. The van der Waals surface area contributed by atoms with Gasteiger partial charge in [0.1, 0.15) is 0 Å². The van der Waals surface area contributed by atoms with Crippen LogP contribution in [-0.4, -0.2) is 11.2 Å². The molecule has 0 radical (unpaired) electrons. The van der Waals surface area contributed by atoms with E-state index in [0.717, 1.165) is 18.8 Å². The van der Waals surface area contributed by atoms with Crippen LogP contribution in [0.4, 0.5) is 0 Å². The Balaban J connectivity index is 2.20. The molecule has 1 aliphatic carbocycles. The normalized spacial score (nSPS) is 35.3. The molecule has 3 atom stereocenters. The smallest absolute Gasteiger partial charge is 0.0568 e. The lowest BCUT2D eigenvalue weighted by molar-refractivity contribution is 0.125. The number of rotatable bonds is 4. The molecule has 1 aliphatic rings. The van der Waals surface area contributed by atoms with Crippen molar-refractivity contribution in [3.63, 3.8) is 0 Å². The average molecular weight is 168 g/mol. The summed E-state index contributed by atoms with van der Waals surface area (Å²) in [5.74, 6) is 1.29. The van der Waals surface area contributed by atoms with Gasteiger partial charge in [-0.1, -0.05) is 13.0 Å². The summed E-state index contributed by atoms with van der Waals surface area (Å²) < 4.78 is 0. The summed E-state index contributed by atoms with van der Waals surface area (Å²) in [4.78, 5) is 0. The average Bonchev–Trinajstić information content (AvgIpc) is 2.36. The monoisotopic (exact) mass is 168 g/mol. The second-order valence-electron chi connectivity index (χ2n) is 3.98. The number of hydrogen-bond donors (Lipinski definition) is 1. The van der Waals surface area contributed by atoms with Gasteiger partial charge in [0.05, 0.1) is 6.10 Å². The number of allylic oxidation sites excluding steroid dienone is 1. The Morgan fingerprint density at radius 3 is 2.75 bits per heavy atom. The first-order valence-corrected chi connectivity index (χ1v) is 5.04. The quantitative estimate of drug-likeness (QED) is 0.505. The van der Waals surface area contributed by atoms with Gasteiger partial charge in [0, 0.05) is 0 Å². The first-order chi connectivity index (χ1) is 5.75. The van der Waals surface area contributed by atoms with Gasteiger partial charge < -0.3 is 5.11 Å². The Morgan fingerprint density at radius 2 is 2.25 bits per heavy atom. The van der Waals surface area contributed by atoms with Crippen LogP contribution in [0.5, 0.6) is 0 Å². The maximum Gasteiger partial charge on any atom is 0.0568 e. The minimum Gasteiger partial charge on any atom is -0.393 e. The Bertz CT molecular complexity index is 142. The highest BCUT2D eigenvalue weighted by Crippen LogP contribution is 2.34. The third-order valence-corrected chi connectivity index (χ3v) is 3.17. The summed E-state index contributed by atoms with van der Waals surface area (Å²) in [6.07, 6.45) is 7.82. The molecular weight excluding hydrogens is 148 g/mol. The van der Waals surface area contributed by atoms with Gasteiger partial charge in [-0.2, -0.15) is 0 Å². The van der Waals surface area contributed by atoms with Gasteiger partial charge in [0.15, 0.2) is 0 Å². The predicted molar refractivity (Wildman–Crippen MR) is 51.9 cm³/mol. The van der Waals surface area contributed by atoms with Gasteiger partial charge in [0.25, 0.3) is 0 Å². The topological polar surface area (TPSA) is 20.2 Å². The number of aliphatic hydroxyl groups excluding tert-OH is 1. The Kier molecular flexibility index (Phi) is 3.80. The summed E-state index contributed by atoms with van der Waals surface area (Å²) in [5, 5.41) is 9.50. The molecule has 70 valence electrons. The van der Waals surface area contributed by atoms with E-state index in [-0.39, 0.29) is 6.10 Å². The standard InChI is InChI=1S/C11H20O/c1-3-4-5-6-10-7-8-11(12)9(10)2/h3,9-12H,1,4-8H2,2H3. The van der Waals surface area contributed by atoms with Crippen molar-refractivity contribution in [3.8, 4) is 0 Å². The molecule has 0 aromatic carbocycles. The first kappa shape index (κ1) is 9.79. The van der Waals surface area contributed by atoms with Crippen molar-refractivity contribution in [1.82, 2.24) is 0 Å². The van der Waals surface area contributed by atoms with Gasteiger partial charge in [-0.3, -0.25) is 0 Å². The minimum atomic E-state index is -0.0290. The van der Waals surface area contributed by atoms with Crippen LogP contribution in [-0.2, 0) is 0 Å². The molecule has 0 heterocycles. The molecule has 1 fully saturated rings. The van der Waals surface area contributed by atoms with E-state index in [1.54, 1.807) is 0 Å². The van der Waals surface area contributed by atoms with E-state index in [4.69, 9.17) is 0 Å². The van der Waals surface area contributed by atoms with E-state index >= 15 is 0 Å². The van der Waals surface area contributed by atoms with Crippen molar-refractivity contribution in [2.45, 2.75) is 45.1 Å². The van der Waals surface area contributed by atoms with Crippen molar-refractivity contribution < 1.29 is 5.11 Å². The van der Waals surface area contributed by atoms with Crippen LogP contribution in [0.3, 0.4) is 0 Å². The van der Waals surface area contributed by atoms with Crippen molar-refractivity contribution >= 4 is 0 Å². The fraction of sp³-hybridized carbons (Fsp3) is 0.818. The highest BCUT2D eigenvalue weighted by molar-refractivity contribution is 4.82. The van der Waals surface area contributed by atoms with Crippen LogP contribution in [0.15, 0.2) is 12.7 Å². The van der Waals surface area contributed by atoms with Crippen LogP contribution in [0.1, 0.15) is 39.0 Å². The molecular formula is C11H20O. The van der Waals surface area contributed by atoms with Crippen molar-refractivity contribution in [1.29, 1.82) is 0 Å². The van der Waals surface area contributed by atoms with E-state index in [0.29, 0.717) is 5.92 Å². The maximum absolute atomic E-state index is 9.50. The Morgan fingerprint density at radius 1 is 1.50 bits per heavy atom. The lowest BCUT2D eigenvalue weighted by Gasteiger charge is -2.16.